The Bertz CT molecular complexity index is 1770. The summed E-state index contributed by atoms with van der Waals surface area (Å²) in [6.45, 7) is 6.00. The van der Waals surface area contributed by atoms with E-state index >= 15 is 0 Å². The van der Waals surface area contributed by atoms with E-state index in [-0.39, 0.29) is 88.4 Å². The molecule has 1 aromatic rings. The van der Waals surface area contributed by atoms with E-state index in [9.17, 15) is 38.7 Å². The van der Waals surface area contributed by atoms with E-state index in [1.165, 1.54) is 17.0 Å². The smallest absolute Gasteiger partial charge is 0.334 e. The lowest BCUT2D eigenvalue weighted by atomic mass is 10.0. The number of benzene rings is 1. The number of nitrogens with zero attached hydrogens (tertiary/aromatic N) is 4. The Kier molecular flexibility index (Phi) is 23.2. The van der Waals surface area contributed by atoms with Gasteiger partial charge in [0.25, 0.3) is 0 Å². The number of carbonyl (C=O) groups is 7. The van der Waals surface area contributed by atoms with E-state index in [4.69, 9.17) is 40.2 Å². The van der Waals surface area contributed by atoms with Crippen LogP contribution >= 0.6 is 0 Å². The number of nitrogens with two attached hydrogens (primary N) is 7. The number of likely N-dealkylation sites (tertiary alicyclic amines) is 1. The molecule has 1 fully saturated rings. The lowest BCUT2D eigenvalue weighted by molar-refractivity contribution is -0.135. The number of primary amides is 1. The van der Waals surface area contributed by atoms with Crippen molar-refractivity contribution in [1.82, 2.24) is 36.5 Å². The van der Waals surface area contributed by atoms with Gasteiger partial charge in [-0.15, -0.1) is 0 Å². The summed E-state index contributed by atoms with van der Waals surface area (Å²) in [5.41, 5.74) is 33.6. The van der Waals surface area contributed by atoms with E-state index in [1.807, 2.05) is 13.8 Å². The molecule has 0 bridgehead atoms. The van der Waals surface area contributed by atoms with Gasteiger partial charge in [-0.25, -0.2) is 10.6 Å². The average molecular weight is 903 g/mol. The first-order chi connectivity index (χ1) is 30.3. The summed E-state index contributed by atoms with van der Waals surface area (Å²) < 4.78 is 0. The van der Waals surface area contributed by atoms with Gasteiger partial charge in [-0.2, -0.15) is 0 Å². The molecule has 8 amide bonds. The second-order valence-electron chi connectivity index (χ2n) is 16.0. The molecule has 24 heteroatoms. The Balaban J connectivity index is 2.32. The highest BCUT2D eigenvalue weighted by molar-refractivity contribution is 5.97. The zero-order valence-corrected chi connectivity index (χ0v) is 37.1. The quantitative estimate of drug-likeness (QED) is 0.0102. The topological polar surface area (TPSA) is 413 Å². The average Bonchev–Trinajstić information content (AvgIpc) is 3.73. The van der Waals surface area contributed by atoms with Crippen LogP contribution in [0.4, 0.5) is 4.79 Å². The largest absolute Gasteiger partial charge is 0.508 e. The minimum atomic E-state index is -1.34. The molecule has 1 aromatic carbocycles. The first-order valence-corrected chi connectivity index (χ1v) is 21.5. The van der Waals surface area contributed by atoms with E-state index in [2.05, 4.69) is 36.6 Å². The number of amides is 8. The highest BCUT2D eigenvalue weighted by Gasteiger charge is 2.38. The number of phenolic OH excluding ortho intramolecular Hbond substituents is 1. The lowest BCUT2D eigenvalue weighted by Crippen LogP contribution is -2.61. The molecule has 2 rings (SSSR count). The summed E-state index contributed by atoms with van der Waals surface area (Å²) in [6.07, 6.45) is 2.68. The third kappa shape index (κ3) is 18.9. The number of rotatable bonds is 27. The lowest BCUT2D eigenvalue weighted by Gasteiger charge is -2.30. The number of aliphatic imine (C=N–C) groups is 2. The van der Waals surface area contributed by atoms with Gasteiger partial charge < -0.3 is 71.0 Å². The normalized spacial score (nSPS) is 15.7. The summed E-state index contributed by atoms with van der Waals surface area (Å²) in [5, 5.41) is 24.1. The van der Waals surface area contributed by atoms with Crippen molar-refractivity contribution in [2.75, 3.05) is 32.7 Å². The van der Waals surface area contributed by atoms with Crippen LogP contribution in [-0.4, -0.2) is 137 Å². The maximum atomic E-state index is 14.0. The molecule has 358 valence electrons. The van der Waals surface area contributed by atoms with Crippen LogP contribution in [0.2, 0.25) is 0 Å². The van der Waals surface area contributed by atoms with Gasteiger partial charge in [-0.1, -0.05) is 39.3 Å². The fourth-order valence-corrected chi connectivity index (χ4v) is 6.76. The Hall–Kier alpha value is -6.43. The maximum Gasteiger partial charge on any atom is 0.334 e. The van der Waals surface area contributed by atoms with Crippen LogP contribution in [-0.2, 0) is 35.2 Å². The molecule has 1 heterocycles. The maximum absolute atomic E-state index is 14.0. The standard InChI is InChI=1S/C40H70N16O8/c1-4-8-27(33(59)53-29(21-24-12-14-25(57)15-13-24)35(61)54-30(22-41)36(62)50-26(32(42)58)16-11-23(2)3)51-34(60)28(9-5-17-48-38(43)44)52-37(63)31-10-6-19-55(31)40(64)56(47)20-7-18-49-39(45)46/h12-15,23,26-31,57H,4-11,16-22,41,47H2,1-3H3,(H2,42,58)(H,50,62)(H,51,60)(H,52,63)(H,53,59)(H,54,61)(H4,43,44,48)(H4,45,46,49)/t26-,27-,28-,29-,30-,31-/m0/s1. The van der Waals surface area contributed by atoms with Crippen LogP contribution in [0.1, 0.15) is 84.1 Å². The molecule has 1 aliphatic rings. The molecular formula is C40H70N16O8. The van der Waals surface area contributed by atoms with Gasteiger partial charge in [0.1, 0.15) is 42.0 Å². The molecule has 0 radical (unpaired) electrons. The van der Waals surface area contributed by atoms with Crippen molar-refractivity contribution in [3.63, 3.8) is 0 Å². The molecule has 20 N–H and O–H groups in total. The van der Waals surface area contributed by atoms with Gasteiger partial charge in [0.2, 0.25) is 35.4 Å². The Morgan fingerprint density at radius 1 is 0.734 bits per heavy atom. The van der Waals surface area contributed by atoms with Crippen molar-refractivity contribution >= 4 is 53.4 Å². The highest BCUT2D eigenvalue weighted by atomic mass is 16.3. The number of hydrogen-bond acceptors (Lipinski definition) is 12. The third-order valence-corrected chi connectivity index (χ3v) is 10.3. The number of carbonyl (C=O) groups excluding carboxylic acids is 7. The number of phenols is 1. The molecule has 0 aliphatic carbocycles. The molecule has 64 heavy (non-hydrogen) atoms. The van der Waals surface area contributed by atoms with Gasteiger partial charge in [-0.3, -0.25) is 43.8 Å². The number of guanidine groups is 2. The zero-order valence-electron chi connectivity index (χ0n) is 37.1. The predicted octanol–water partition coefficient (Wildman–Crippen LogP) is -3.48. The molecule has 1 aliphatic heterocycles. The number of hydrogen-bond donors (Lipinski definition) is 13. The monoisotopic (exact) mass is 903 g/mol. The van der Waals surface area contributed by atoms with Crippen LogP contribution < -0.4 is 66.8 Å². The molecule has 0 saturated carbocycles. The zero-order chi connectivity index (χ0) is 47.9. The summed E-state index contributed by atoms with van der Waals surface area (Å²) in [7, 11) is 0. The van der Waals surface area contributed by atoms with Crippen molar-refractivity contribution in [1.29, 1.82) is 0 Å². The van der Waals surface area contributed by atoms with E-state index in [0.717, 1.165) is 5.01 Å². The van der Waals surface area contributed by atoms with Crippen molar-refractivity contribution in [3.8, 4) is 5.75 Å². The van der Waals surface area contributed by atoms with Gasteiger partial charge in [-0.05, 0) is 75.0 Å². The van der Waals surface area contributed by atoms with Crippen molar-refractivity contribution in [2.24, 2.45) is 56.1 Å². The Morgan fingerprint density at radius 3 is 1.83 bits per heavy atom. The third-order valence-electron chi connectivity index (χ3n) is 10.3. The van der Waals surface area contributed by atoms with Gasteiger partial charge in [0.15, 0.2) is 11.9 Å². The number of urea groups is 1. The van der Waals surface area contributed by atoms with E-state index in [1.54, 1.807) is 19.1 Å². The minimum absolute atomic E-state index is 0.0335. The van der Waals surface area contributed by atoms with Crippen LogP contribution in [0.25, 0.3) is 0 Å². The summed E-state index contributed by atoms with van der Waals surface area (Å²) in [6, 6.07) is -1.78. The first kappa shape index (κ1) is 53.7. The second-order valence-corrected chi connectivity index (χ2v) is 16.0. The van der Waals surface area contributed by atoms with Crippen molar-refractivity contribution in [2.45, 2.75) is 121 Å². The van der Waals surface area contributed by atoms with Crippen molar-refractivity contribution in [3.05, 3.63) is 29.8 Å². The van der Waals surface area contributed by atoms with Crippen molar-refractivity contribution < 1.29 is 38.7 Å². The van der Waals surface area contributed by atoms with E-state index < -0.39 is 77.7 Å². The van der Waals surface area contributed by atoms with Crippen LogP contribution in [0.3, 0.4) is 0 Å². The molecule has 0 spiro atoms. The summed E-state index contributed by atoms with van der Waals surface area (Å²) in [5.74, 6) is 1.51. The number of aromatic hydroxyl groups is 1. The SMILES string of the molecule is CCC[C@H](NC(=O)[C@H](CCCN=C(N)N)NC(=O)[C@@H]1CCCN1C(=O)N(N)CCCN=C(N)N)C(=O)N[C@@H](Cc1ccc(O)cc1)C(=O)N[C@@H](CN)C(=O)N[C@@H](CCC(C)C)C(N)=O. The Labute approximate surface area is 373 Å². The summed E-state index contributed by atoms with van der Waals surface area (Å²) in [4.78, 5) is 104. The fourth-order valence-electron chi connectivity index (χ4n) is 6.76. The predicted molar refractivity (Wildman–Crippen MR) is 240 cm³/mol. The minimum Gasteiger partial charge on any atom is -0.508 e. The van der Waals surface area contributed by atoms with Crippen LogP contribution in [0.15, 0.2) is 34.3 Å². The van der Waals surface area contributed by atoms with Crippen LogP contribution in [0, 0.1) is 5.92 Å². The Morgan fingerprint density at radius 2 is 1.27 bits per heavy atom. The molecule has 24 nitrogen and oxygen atoms in total. The number of hydrazine groups is 1. The second kappa shape index (κ2) is 27.6. The van der Waals surface area contributed by atoms with E-state index in [0.29, 0.717) is 37.7 Å². The highest BCUT2D eigenvalue weighted by Crippen LogP contribution is 2.20. The molecule has 1 saturated heterocycles. The van der Waals surface area contributed by atoms with Crippen LogP contribution in [0.5, 0.6) is 5.75 Å². The molecule has 0 aromatic heterocycles. The molecule has 6 atom stereocenters. The van der Waals surface area contributed by atoms with Gasteiger partial charge in [0.05, 0.1) is 0 Å². The fraction of sp³-hybridized carbons (Fsp3) is 0.625. The first-order valence-electron chi connectivity index (χ1n) is 21.5. The van der Waals surface area contributed by atoms with Gasteiger partial charge in [0, 0.05) is 39.1 Å². The molecular weight excluding hydrogens is 833 g/mol. The number of nitrogens with one attached hydrogen (secondary N) is 5. The molecule has 0 unspecified atom stereocenters. The summed E-state index contributed by atoms with van der Waals surface area (Å²) >= 11 is 0. The van der Waals surface area contributed by atoms with Gasteiger partial charge >= 0.3 is 6.03 Å².